The summed E-state index contributed by atoms with van der Waals surface area (Å²) in [5, 5.41) is 8.64. The molecule has 6 heteroatoms. The van der Waals surface area contributed by atoms with Crippen LogP contribution in [0.4, 0.5) is 5.69 Å². The largest absolute Gasteiger partial charge is 0.324 e. The number of carbonyl (C=O) groups excluding carboxylic acids is 1. The lowest BCUT2D eigenvalue weighted by Gasteiger charge is -2.15. The number of carbonyl (C=O) groups is 1. The lowest BCUT2D eigenvalue weighted by atomic mass is 10.0. The number of nitrogens with zero attached hydrogens (tertiary/aromatic N) is 3. The number of fused-ring (bicyclic) bond motifs is 1. The molecule has 0 radical (unpaired) electrons. The summed E-state index contributed by atoms with van der Waals surface area (Å²) in [4.78, 5) is 26.7. The molecule has 2 aromatic heterocycles. The second-order valence-corrected chi connectivity index (χ2v) is 8.69. The van der Waals surface area contributed by atoms with Gasteiger partial charge >= 0.3 is 0 Å². The van der Waals surface area contributed by atoms with E-state index >= 15 is 0 Å². The van der Waals surface area contributed by atoms with E-state index in [2.05, 4.69) is 5.32 Å². The number of anilines is 1. The molecular formula is C29H26N4O2. The van der Waals surface area contributed by atoms with Crippen molar-refractivity contribution in [2.45, 2.75) is 27.3 Å². The van der Waals surface area contributed by atoms with Crippen LogP contribution in [0.2, 0.25) is 0 Å². The van der Waals surface area contributed by atoms with Crippen molar-refractivity contribution in [2.24, 2.45) is 0 Å². The number of para-hydroxylation sites is 2. The third-order valence-electron chi connectivity index (χ3n) is 6.23. The number of rotatable bonds is 5. The monoisotopic (exact) mass is 462 g/mol. The molecule has 0 unspecified atom stereocenters. The number of aromatic nitrogens is 3. The van der Waals surface area contributed by atoms with Gasteiger partial charge < -0.3 is 5.32 Å². The van der Waals surface area contributed by atoms with Gasteiger partial charge in [0.05, 0.1) is 11.4 Å². The zero-order valence-electron chi connectivity index (χ0n) is 19.9. The zero-order valence-corrected chi connectivity index (χ0v) is 19.9. The SMILES string of the molecule is Cc1cccc(C)c1NC(=O)Cn1c(=O)cc(-c2ccccc2)c2c(C)nn(-c3ccccc3)c21. The lowest BCUT2D eigenvalue weighted by molar-refractivity contribution is -0.116. The average molecular weight is 463 g/mol. The van der Waals surface area contributed by atoms with E-state index in [-0.39, 0.29) is 18.0 Å². The molecule has 1 N–H and O–H groups in total. The van der Waals surface area contributed by atoms with Crippen molar-refractivity contribution in [3.63, 3.8) is 0 Å². The van der Waals surface area contributed by atoms with Gasteiger partial charge in [-0.25, -0.2) is 4.68 Å². The quantitative estimate of drug-likeness (QED) is 0.379. The highest BCUT2D eigenvalue weighted by molar-refractivity contribution is 5.97. The third kappa shape index (κ3) is 4.15. The first-order chi connectivity index (χ1) is 16.9. The van der Waals surface area contributed by atoms with E-state index < -0.39 is 0 Å². The molecule has 5 rings (SSSR count). The van der Waals surface area contributed by atoms with Crippen molar-refractivity contribution < 1.29 is 4.79 Å². The number of aryl methyl sites for hydroxylation is 3. The topological polar surface area (TPSA) is 68.9 Å². The predicted molar refractivity (Wildman–Crippen MR) is 140 cm³/mol. The highest BCUT2D eigenvalue weighted by Crippen LogP contribution is 2.31. The molecule has 2 heterocycles. The molecule has 0 saturated heterocycles. The van der Waals surface area contributed by atoms with Gasteiger partial charge in [-0.2, -0.15) is 5.10 Å². The van der Waals surface area contributed by atoms with Gasteiger partial charge in [0, 0.05) is 17.1 Å². The highest BCUT2D eigenvalue weighted by atomic mass is 16.2. The molecule has 0 fully saturated rings. The second kappa shape index (κ2) is 9.06. The van der Waals surface area contributed by atoms with Gasteiger partial charge in [-0.1, -0.05) is 66.7 Å². The van der Waals surface area contributed by atoms with Crippen molar-refractivity contribution in [3.8, 4) is 16.8 Å². The first-order valence-electron chi connectivity index (χ1n) is 11.5. The van der Waals surface area contributed by atoms with Gasteiger partial charge in [0.1, 0.15) is 12.2 Å². The first kappa shape index (κ1) is 22.3. The van der Waals surface area contributed by atoms with Gasteiger partial charge in [0.2, 0.25) is 5.91 Å². The minimum atomic E-state index is -0.267. The Balaban J connectivity index is 1.70. The predicted octanol–water partition coefficient (Wildman–Crippen LogP) is 5.42. The molecule has 6 nitrogen and oxygen atoms in total. The molecule has 35 heavy (non-hydrogen) atoms. The van der Waals surface area contributed by atoms with Crippen LogP contribution in [-0.2, 0) is 11.3 Å². The van der Waals surface area contributed by atoms with Crippen LogP contribution in [0.15, 0.2) is 89.7 Å². The molecular weight excluding hydrogens is 436 g/mol. The molecule has 5 aromatic rings. The number of hydrogen-bond donors (Lipinski definition) is 1. The number of hydrogen-bond acceptors (Lipinski definition) is 3. The molecule has 0 aliphatic rings. The molecule has 0 aliphatic carbocycles. The van der Waals surface area contributed by atoms with Crippen LogP contribution in [0.3, 0.4) is 0 Å². The van der Waals surface area contributed by atoms with E-state index in [1.54, 1.807) is 10.7 Å². The maximum Gasteiger partial charge on any atom is 0.253 e. The van der Waals surface area contributed by atoms with E-state index in [0.717, 1.165) is 44.7 Å². The molecule has 0 bridgehead atoms. The van der Waals surface area contributed by atoms with Crippen LogP contribution in [0.25, 0.3) is 27.8 Å². The molecule has 1 amide bonds. The van der Waals surface area contributed by atoms with Crippen LogP contribution in [0, 0.1) is 20.8 Å². The van der Waals surface area contributed by atoms with Crippen LogP contribution in [0.5, 0.6) is 0 Å². The molecule has 0 aliphatic heterocycles. The van der Waals surface area contributed by atoms with E-state index in [9.17, 15) is 9.59 Å². The van der Waals surface area contributed by atoms with Crippen molar-refractivity contribution >= 4 is 22.6 Å². The minimum Gasteiger partial charge on any atom is -0.324 e. The molecule has 0 atom stereocenters. The molecule has 3 aromatic carbocycles. The van der Waals surface area contributed by atoms with Crippen molar-refractivity contribution in [2.75, 3.05) is 5.32 Å². The Hall–Kier alpha value is -4.45. The second-order valence-electron chi connectivity index (χ2n) is 8.69. The number of pyridine rings is 1. The van der Waals surface area contributed by atoms with Crippen molar-refractivity contribution in [3.05, 3.63) is 112 Å². The number of benzene rings is 3. The van der Waals surface area contributed by atoms with Gasteiger partial charge in [-0.3, -0.25) is 14.2 Å². The summed E-state index contributed by atoms with van der Waals surface area (Å²) in [6.07, 6.45) is 0. The summed E-state index contributed by atoms with van der Waals surface area (Å²) in [7, 11) is 0. The van der Waals surface area contributed by atoms with Gasteiger partial charge in [-0.15, -0.1) is 0 Å². The summed E-state index contributed by atoms with van der Waals surface area (Å²) in [5.74, 6) is -0.267. The minimum absolute atomic E-state index is 0.129. The van der Waals surface area contributed by atoms with Crippen LogP contribution >= 0.6 is 0 Å². The van der Waals surface area contributed by atoms with Gasteiger partial charge in [0.15, 0.2) is 0 Å². The Morgan fingerprint density at radius 2 is 1.49 bits per heavy atom. The van der Waals surface area contributed by atoms with Crippen LogP contribution in [-0.4, -0.2) is 20.3 Å². The van der Waals surface area contributed by atoms with E-state index in [4.69, 9.17) is 5.10 Å². The van der Waals surface area contributed by atoms with Crippen LogP contribution < -0.4 is 10.9 Å². The normalized spacial score (nSPS) is 11.1. The maximum atomic E-state index is 13.5. The fourth-order valence-corrected chi connectivity index (χ4v) is 4.54. The fraction of sp³-hybridized carbons (Fsp3) is 0.138. The van der Waals surface area contributed by atoms with Crippen molar-refractivity contribution in [1.29, 1.82) is 0 Å². The molecule has 174 valence electrons. The molecule has 0 saturated carbocycles. The summed E-state index contributed by atoms with van der Waals surface area (Å²) in [6.45, 7) is 5.71. The Morgan fingerprint density at radius 3 is 2.14 bits per heavy atom. The Kier molecular flexibility index (Phi) is 5.79. The fourth-order valence-electron chi connectivity index (χ4n) is 4.54. The Bertz CT molecular complexity index is 1580. The van der Waals surface area contributed by atoms with Crippen LogP contribution in [0.1, 0.15) is 16.8 Å². The average Bonchev–Trinajstić information content (AvgIpc) is 3.21. The summed E-state index contributed by atoms with van der Waals surface area (Å²) in [6, 6.07) is 26.9. The first-order valence-corrected chi connectivity index (χ1v) is 11.5. The van der Waals surface area contributed by atoms with E-state index in [1.165, 1.54) is 4.57 Å². The highest BCUT2D eigenvalue weighted by Gasteiger charge is 2.21. The standard InChI is InChI=1S/C29H26N4O2/c1-19-11-10-12-20(2)28(19)30-25(34)18-32-26(35)17-24(22-13-6-4-7-14-22)27-21(3)31-33(29(27)32)23-15-8-5-9-16-23/h4-17H,18H2,1-3H3,(H,30,34). The lowest BCUT2D eigenvalue weighted by Crippen LogP contribution is -2.29. The van der Waals surface area contributed by atoms with E-state index in [1.807, 2.05) is 99.6 Å². The summed E-state index contributed by atoms with van der Waals surface area (Å²) in [5.41, 5.74) is 6.39. The van der Waals surface area contributed by atoms with Crippen molar-refractivity contribution in [1.82, 2.24) is 14.3 Å². The summed E-state index contributed by atoms with van der Waals surface area (Å²) >= 11 is 0. The summed E-state index contributed by atoms with van der Waals surface area (Å²) < 4.78 is 3.27. The number of amides is 1. The molecule has 0 spiro atoms. The van der Waals surface area contributed by atoms with E-state index in [0.29, 0.717) is 5.65 Å². The van der Waals surface area contributed by atoms with Gasteiger partial charge in [-0.05, 0) is 55.2 Å². The number of nitrogens with one attached hydrogen (secondary N) is 1. The smallest absolute Gasteiger partial charge is 0.253 e. The Labute approximate surface area is 203 Å². The third-order valence-corrected chi connectivity index (χ3v) is 6.23. The zero-order chi connectivity index (χ0) is 24.5. The van der Waals surface area contributed by atoms with Gasteiger partial charge in [0.25, 0.3) is 5.56 Å². The Morgan fingerprint density at radius 1 is 0.857 bits per heavy atom. The maximum absolute atomic E-state index is 13.5.